The van der Waals surface area contributed by atoms with E-state index in [1.807, 2.05) is 13.8 Å². The van der Waals surface area contributed by atoms with Crippen LogP contribution in [-0.4, -0.2) is 16.0 Å². The fourth-order valence-corrected chi connectivity index (χ4v) is 4.02. The quantitative estimate of drug-likeness (QED) is 0.349. The highest BCUT2D eigenvalue weighted by atomic mass is 16.6. The van der Waals surface area contributed by atoms with Gasteiger partial charge in [-0.25, -0.2) is 0 Å². The van der Waals surface area contributed by atoms with Crippen LogP contribution in [0.1, 0.15) is 44.6 Å². The second kappa shape index (κ2) is 6.88. The van der Waals surface area contributed by atoms with E-state index in [0.717, 1.165) is 11.1 Å². The Morgan fingerprint density at radius 2 is 1.72 bits per heavy atom. The van der Waals surface area contributed by atoms with Gasteiger partial charge in [0.1, 0.15) is 11.3 Å². The summed E-state index contributed by atoms with van der Waals surface area (Å²) in [7, 11) is 0. The van der Waals surface area contributed by atoms with Crippen LogP contribution >= 0.6 is 0 Å². The number of rotatable bonds is 3. The van der Waals surface area contributed by atoms with E-state index in [0.29, 0.717) is 22.3 Å². The largest absolute Gasteiger partial charge is 0.450 e. The van der Waals surface area contributed by atoms with E-state index in [1.165, 1.54) is 29.2 Å². The lowest BCUT2D eigenvalue weighted by Gasteiger charge is -2.22. The van der Waals surface area contributed by atoms with Crippen LogP contribution in [-0.2, 0) is 0 Å². The van der Waals surface area contributed by atoms with Gasteiger partial charge in [0.05, 0.1) is 21.9 Å². The topological polar surface area (TPSA) is 120 Å². The zero-order chi connectivity index (χ0) is 22.7. The lowest BCUT2D eigenvalue weighted by atomic mass is 9.97. The first-order valence-electron chi connectivity index (χ1n) is 9.85. The lowest BCUT2D eigenvalue weighted by Crippen LogP contribution is -2.29. The van der Waals surface area contributed by atoms with Crippen LogP contribution in [0.25, 0.3) is 11.0 Å². The molecule has 4 aromatic rings. The Morgan fingerprint density at radius 1 is 1.03 bits per heavy atom. The molecule has 2 aromatic carbocycles. The third kappa shape index (κ3) is 2.82. The first-order chi connectivity index (χ1) is 15.3. The molecule has 0 fully saturated rings. The van der Waals surface area contributed by atoms with Crippen molar-refractivity contribution in [2.45, 2.75) is 26.8 Å². The molecule has 2 aromatic heterocycles. The Labute approximate surface area is 181 Å². The smallest absolute Gasteiger partial charge is 0.296 e. The van der Waals surface area contributed by atoms with Crippen molar-refractivity contribution in [1.82, 2.24) is 5.16 Å². The third-order valence-electron chi connectivity index (χ3n) is 5.77. The Balaban J connectivity index is 1.80. The van der Waals surface area contributed by atoms with E-state index in [9.17, 15) is 19.7 Å². The summed E-state index contributed by atoms with van der Waals surface area (Å²) >= 11 is 0. The van der Waals surface area contributed by atoms with Gasteiger partial charge in [0.15, 0.2) is 11.2 Å². The number of nitro groups is 1. The van der Waals surface area contributed by atoms with Gasteiger partial charge >= 0.3 is 0 Å². The summed E-state index contributed by atoms with van der Waals surface area (Å²) in [5.41, 5.74) is 2.43. The maximum Gasteiger partial charge on any atom is 0.296 e. The average Bonchev–Trinajstić information content (AvgIpc) is 3.31. The minimum Gasteiger partial charge on any atom is -0.450 e. The van der Waals surface area contributed by atoms with Gasteiger partial charge in [-0.3, -0.25) is 24.6 Å². The van der Waals surface area contributed by atoms with Crippen molar-refractivity contribution in [2.24, 2.45) is 0 Å². The second-order valence-corrected chi connectivity index (χ2v) is 7.83. The number of hydrogen-bond acceptors (Lipinski definition) is 7. The number of amides is 1. The Kier molecular flexibility index (Phi) is 4.23. The number of aryl methyl sites for hydroxylation is 3. The van der Waals surface area contributed by atoms with Gasteiger partial charge < -0.3 is 8.94 Å². The molecule has 0 saturated carbocycles. The summed E-state index contributed by atoms with van der Waals surface area (Å²) in [5.74, 6) is 0.101. The van der Waals surface area contributed by atoms with Crippen molar-refractivity contribution >= 4 is 28.4 Å². The molecule has 32 heavy (non-hydrogen) atoms. The van der Waals surface area contributed by atoms with Gasteiger partial charge in [0, 0.05) is 18.2 Å². The summed E-state index contributed by atoms with van der Waals surface area (Å²) in [6.07, 6.45) is 0. The van der Waals surface area contributed by atoms with Gasteiger partial charge in [0.25, 0.3) is 11.6 Å². The van der Waals surface area contributed by atoms with Crippen LogP contribution in [0.3, 0.4) is 0 Å². The molecule has 5 rings (SSSR count). The first kappa shape index (κ1) is 19.7. The Bertz CT molecular complexity index is 1480. The van der Waals surface area contributed by atoms with E-state index in [-0.39, 0.29) is 28.3 Å². The molecule has 3 heterocycles. The number of carbonyl (C=O) groups excluding carboxylic acids is 1. The van der Waals surface area contributed by atoms with Crippen molar-refractivity contribution in [3.8, 4) is 0 Å². The van der Waals surface area contributed by atoms with Gasteiger partial charge in [-0.1, -0.05) is 5.16 Å². The maximum atomic E-state index is 13.6. The third-order valence-corrected chi connectivity index (χ3v) is 5.77. The molecule has 0 saturated heterocycles. The number of nitrogens with zero attached hydrogens (tertiary/aromatic N) is 3. The van der Waals surface area contributed by atoms with Crippen molar-refractivity contribution in [2.75, 3.05) is 4.90 Å². The zero-order valence-electron chi connectivity index (χ0n) is 17.4. The summed E-state index contributed by atoms with van der Waals surface area (Å²) < 4.78 is 11.1. The van der Waals surface area contributed by atoms with Crippen LogP contribution in [0.15, 0.2) is 56.2 Å². The van der Waals surface area contributed by atoms with Gasteiger partial charge in [-0.15, -0.1) is 0 Å². The molecule has 1 aliphatic rings. The molecular weight excluding hydrogens is 414 g/mol. The monoisotopic (exact) mass is 431 g/mol. The molecule has 0 bridgehead atoms. The van der Waals surface area contributed by atoms with Crippen molar-refractivity contribution < 1.29 is 18.7 Å². The molecular formula is C23H17N3O6. The normalized spacial score (nSPS) is 15.4. The fourth-order valence-electron chi connectivity index (χ4n) is 4.02. The van der Waals surface area contributed by atoms with Gasteiger partial charge in [-0.05, 0) is 61.7 Å². The lowest BCUT2D eigenvalue weighted by molar-refractivity contribution is -0.384. The predicted octanol–water partition coefficient (Wildman–Crippen LogP) is 4.36. The molecule has 160 valence electrons. The van der Waals surface area contributed by atoms with Crippen molar-refractivity contribution in [1.29, 1.82) is 0 Å². The predicted molar refractivity (Wildman–Crippen MR) is 115 cm³/mol. The number of anilines is 1. The standard InChI is InChI=1S/C23H17N3O6/c1-11-8-16-17(9-12(11)2)31-22-19(21(16)27)20(14-4-6-15(7-5-14)26(29)30)25(23(22)28)18-10-13(3)32-24-18/h4-10,20H,1-3H3/t20-/m1/s1. The molecule has 0 spiro atoms. The SMILES string of the molecule is Cc1cc(N2C(=O)c3oc4cc(C)c(C)cc4c(=O)c3[C@H]2c2ccc([N+](=O)[O-])cc2)no1. The molecule has 0 N–H and O–H groups in total. The van der Waals surface area contributed by atoms with E-state index in [1.54, 1.807) is 25.1 Å². The van der Waals surface area contributed by atoms with Crippen LogP contribution in [0.5, 0.6) is 0 Å². The highest BCUT2D eigenvalue weighted by Gasteiger charge is 2.45. The van der Waals surface area contributed by atoms with Gasteiger partial charge in [-0.2, -0.15) is 0 Å². The van der Waals surface area contributed by atoms with E-state index in [2.05, 4.69) is 5.16 Å². The second-order valence-electron chi connectivity index (χ2n) is 7.83. The van der Waals surface area contributed by atoms with Gasteiger partial charge in [0.2, 0.25) is 5.76 Å². The molecule has 0 aliphatic carbocycles. The number of carbonyl (C=O) groups is 1. The number of hydrogen-bond donors (Lipinski definition) is 0. The number of aromatic nitrogens is 1. The summed E-state index contributed by atoms with van der Waals surface area (Å²) in [6.45, 7) is 5.48. The molecule has 1 amide bonds. The summed E-state index contributed by atoms with van der Waals surface area (Å²) in [4.78, 5) is 38.9. The Morgan fingerprint density at radius 3 is 2.34 bits per heavy atom. The van der Waals surface area contributed by atoms with E-state index in [4.69, 9.17) is 8.94 Å². The van der Waals surface area contributed by atoms with E-state index >= 15 is 0 Å². The van der Waals surface area contributed by atoms with Crippen LogP contribution in [0.2, 0.25) is 0 Å². The number of benzene rings is 2. The molecule has 0 radical (unpaired) electrons. The number of non-ortho nitro benzene ring substituents is 1. The summed E-state index contributed by atoms with van der Waals surface area (Å²) in [5, 5.41) is 15.4. The first-order valence-corrected chi connectivity index (χ1v) is 9.85. The number of nitro benzene ring substituents is 1. The number of fused-ring (bicyclic) bond motifs is 2. The highest BCUT2D eigenvalue weighted by molar-refractivity contribution is 6.10. The average molecular weight is 431 g/mol. The maximum absolute atomic E-state index is 13.6. The van der Waals surface area contributed by atoms with Crippen molar-refractivity contribution in [3.05, 3.63) is 96.6 Å². The summed E-state index contributed by atoms with van der Waals surface area (Å²) in [6, 6.07) is 9.91. The molecule has 1 atom stereocenters. The molecule has 0 unspecified atom stereocenters. The minimum atomic E-state index is -0.870. The van der Waals surface area contributed by atoms with Crippen LogP contribution in [0.4, 0.5) is 11.5 Å². The minimum absolute atomic E-state index is 0.0743. The Hall–Kier alpha value is -4.27. The zero-order valence-corrected chi connectivity index (χ0v) is 17.4. The molecule has 9 nitrogen and oxygen atoms in total. The van der Waals surface area contributed by atoms with Crippen molar-refractivity contribution in [3.63, 3.8) is 0 Å². The molecule has 9 heteroatoms. The highest BCUT2D eigenvalue weighted by Crippen LogP contribution is 2.41. The van der Waals surface area contributed by atoms with E-state index < -0.39 is 16.9 Å². The molecule has 1 aliphatic heterocycles. The van der Waals surface area contributed by atoms with Crippen LogP contribution in [0, 0.1) is 30.9 Å². The fraction of sp³-hybridized carbons (Fsp3) is 0.174. The van der Waals surface area contributed by atoms with Crippen LogP contribution < -0.4 is 10.3 Å².